The second-order valence-corrected chi connectivity index (χ2v) is 11.7. The van der Waals surface area contributed by atoms with E-state index in [4.69, 9.17) is 0 Å². The van der Waals surface area contributed by atoms with E-state index in [0.717, 1.165) is 25.2 Å². The van der Waals surface area contributed by atoms with Crippen molar-refractivity contribution in [3.8, 4) is 0 Å². The van der Waals surface area contributed by atoms with Gasteiger partial charge in [0.25, 0.3) is 10.0 Å². The number of carbonyl (C=O) groups is 2. The van der Waals surface area contributed by atoms with Crippen molar-refractivity contribution < 1.29 is 18.0 Å². The van der Waals surface area contributed by atoms with Gasteiger partial charge in [0.15, 0.2) is 0 Å². The summed E-state index contributed by atoms with van der Waals surface area (Å²) >= 11 is 0. The fourth-order valence-corrected chi connectivity index (χ4v) is 6.59. The average Bonchev–Trinajstić information content (AvgIpc) is 2.88. The second-order valence-electron chi connectivity index (χ2n) is 10.1. The summed E-state index contributed by atoms with van der Waals surface area (Å²) in [7, 11) is -3.88. The fourth-order valence-electron chi connectivity index (χ4n) is 5.06. The molecule has 4 rings (SSSR count). The molecule has 0 saturated carbocycles. The monoisotopic (exact) mass is 548 g/mol. The number of benzene rings is 3. The molecule has 2 N–H and O–H groups in total. The Bertz CT molecular complexity index is 1410. The zero-order valence-electron chi connectivity index (χ0n) is 22.7. The second kappa shape index (κ2) is 12.4. The molecular weight excluding hydrogens is 512 g/mol. The Hall–Kier alpha value is -3.69. The number of sulfonamides is 1. The minimum atomic E-state index is -3.88. The van der Waals surface area contributed by atoms with Gasteiger partial charge in [-0.3, -0.25) is 19.2 Å². The predicted molar refractivity (Wildman–Crippen MR) is 154 cm³/mol. The van der Waals surface area contributed by atoms with E-state index in [-0.39, 0.29) is 35.2 Å². The normalized spacial score (nSPS) is 14.2. The number of rotatable bonds is 9. The molecule has 1 aliphatic heterocycles. The molecule has 1 fully saturated rings. The van der Waals surface area contributed by atoms with Crippen molar-refractivity contribution in [3.63, 3.8) is 0 Å². The molecule has 1 aliphatic rings. The molecule has 1 heterocycles. The van der Waals surface area contributed by atoms with Gasteiger partial charge in [0.2, 0.25) is 11.8 Å². The van der Waals surface area contributed by atoms with Crippen LogP contribution in [0.2, 0.25) is 0 Å². The Kier molecular flexibility index (Phi) is 9.04. The number of aryl methyl sites for hydroxylation is 3. The summed E-state index contributed by atoms with van der Waals surface area (Å²) in [4.78, 5) is 29.8. The third-order valence-corrected chi connectivity index (χ3v) is 8.53. The fraction of sp³-hybridized carbons (Fsp3) is 0.333. The summed E-state index contributed by atoms with van der Waals surface area (Å²) in [5.41, 5.74) is 4.16. The summed E-state index contributed by atoms with van der Waals surface area (Å²) in [6, 6.07) is 20.6. The van der Waals surface area contributed by atoms with Crippen LogP contribution in [0.3, 0.4) is 0 Å². The molecular formula is C30H36N4O4S. The van der Waals surface area contributed by atoms with Crippen LogP contribution in [0, 0.1) is 20.8 Å². The van der Waals surface area contributed by atoms with Crippen molar-refractivity contribution in [3.05, 3.63) is 89.0 Å². The van der Waals surface area contributed by atoms with Crippen LogP contribution in [0.1, 0.15) is 35.1 Å². The van der Waals surface area contributed by atoms with Gasteiger partial charge in [-0.25, -0.2) is 8.42 Å². The molecule has 1 saturated heterocycles. The molecule has 206 valence electrons. The largest absolute Gasteiger partial charge is 0.340 e. The number of piperazine rings is 1. The van der Waals surface area contributed by atoms with Gasteiger partial charge in [0, 0.05) is 45.6 Å². The first-order valence-corrected chi connectivity index (χ1v) is 14.6. The minimum Gasteiger partial charge on any atom is -0.340 e. The van der Waals surface area contributed by atoms with E-state index in [0.29, 0.717) is 29.9 Å². The Labute approximate surface area is 231 Å². The summed E-state index contributed by atoms with van der Waals surface area (Å²) in [6.45, 7) is 9.17. The van der Waals surface area contributed by atoms with E-state index in [2.05, 4.69) is 27.1 Å². The van der Waals surface area contributed by atoms with Gasteiger partial charge in [-0.05, 0) is 49.6 Å². The zero-order valence-corrected chi connectivity index (χ0v) is 23.6. The molecule has 9 heteroatoms. The molecule has 2 amide bonds. The number of anilines is 2. The van der Waals surface area contributed by atoms with Gasteiger partial charge in [-0.2, -0.15) is 0 Å². The molecule has 0 atom stereocenters. The third-order valence-electron chi connectivity index (χ3n) is 6.86. The summed E-state index contributed by atoms with van der Waals surface area (Å²) < 4.78 is 29.1. The van der Waals surface area contributed by atoms with Crippen molar-refractivity contribution in [1.82, 2.24) is 9.80 Å². The quantitative estimate of drug-likeness (QED) is 0.411. The standard InChI is InChI=1S/C30H36N4O4S/c1-22-19-23(2)30(24(3)20-22)39(37,38)32-27-12-8-7-11-26(27)31-28(35)13-14-29(36)34-17-15-33(16-18-34)21-25-9-5-4-6-10-25/h4-12,19-20,32H,13-18,21H2,1-3H3,(H,31,35). The van der Waals surface area contributed by atoms with Crippen molar-refractivity contribution in [1.29, 1.82) is 0 Å². The van der Waals surface area contributed by atoms with Gasteiger partial charge in [0.1, 0.15) is 0 Å². The molecule has 0 aliphatic carbocycles. The van der Waals surface area contributed by atoms with Crippen molar-refractivity contribution in [2.75, 3.05) is 36.2 Å². The van der Waals surface area contributed by atoms with E-state index in [9.17, 15) is 18.0 Å². The maximum Gasteiger partial charge on any atom is 0.262 e. The number of hydrogen-bond acceptors (Lipinski definition) is 5. The first-order chi connectivity index (χ1) is 18.6. The molecule has 0 unspecified atom stereocenters. The van der Waals surface area contributed by atoms with Crippen LogP contribution < -0.4 is 10.0 Å². The lowest BCUT2D eigenvalue weighted by Gasteiger charge is -2.34. The van der Waals surface area contributed by atoms with E-state index < -0.39 is 10.0 Å². The first-order valence-electron chi connectivity index (χ1n) is 13.2. The van der Waals surface area contributed by atoms with Crippen LogP contribution in [-0.4, -0.2) is 56.2 Å². The van der Waals surface area contributed by atoms with Crippen LogP contribution in [-0.2, 0) is 26.2 Å². The SMILES string of the molecule is Cc1cc(C)c(S(=O)(=O)Nc2ccccc2NC(=O)CCC(=O)N2CCN(Cc3ccccc3)CC2)c(C)c1. The number of nitrogens with zero attached hydrogens (tertiary/aromatic N) is 2. The van der Waals surface area contributed by atoms with Crippen LogP contribution in [0.4, 0.5) is 11.4 Å². The molecule has 3 aromatic rings. The highest BCUT2D eigenvalue weighted by Gasteiger charge is 2.23. The maximum atomic E-state index is 13.2. The Morgan fingerprint density at radius 3 is 2.03 bits per heavy atom. The Morgan fingerprint density at radius 1 is 0.795 bits per heavy atom. The highest BCUT2D eigenvalue weighted by atomic mass is 32.2. The summed E-state index contributed by atoms with van der Waals surface area (Å²) in [5, 5.41) is 2.77. The first kappa shape index (κ1) is 28.3. The minimum absolute atomic E-state index is 0.0142. The molecule has 0 aromatic heterocycles. The van der Waals surface area contributed by atoms with E-state index >= 15 is 0 Å². The smallest absolute Gasteiger partial charge is 0.262 e. The topological polar surface area (TPSA) is 98.8 Å². The molecule has 39 heavy (non-hydrogen) atoms. The predicted octanol–water partition coefficient (Wildman–Crippen LogP) is 4.48. The Morgan fingerprint density at radius 2 is 1.38 bits per heavy atom. The van der Waals surface area contributed by atoms with Crippen molar-refractivity contribution in [2.24, 2.45) is 0 Å². The average molecular weight is 549 g/mol. The van der Waals surface area contributed by atoms with Crippen molar-refractivity contribution in [2.45, 2.75) is 45.1 Å². The third kappa shape index (κ3) is 7.46. The maximum absolute atomic E-state index is 13.2. The number of carbonyl (C=O) groups excluding carboxylic acids is 2. The molecule has 0 radical (unpaired) electrons. The lowest BCUT2D eigenvalue weighted by atomic mass is 10.1. The molecule has 0 bridgehead atoms. The van der Waals surface area contributed by atoms with Crippen LogP contribution in [0.15, 0.2) is 71.6 Å². The molecule has 0 spiro atoms. The van der Waals surface area contributed by atoms with Crippen LogP contribution in [0.5, 0.6) is 0 Å². The van der Waals surface area contributed by atoms with Gasteiger partial charge >= 0.3 is 0 Å². The highest BCUT2D eigenvalue weighted by Crippen LogP contribution is 2.28. The lowest BCUT2D eigenvalue weighted by molar-refractivity contribution is -0.134. The number of para-hydroxylation sites is 2. The van der Waals surface area contributed by atoms with Crippen molar-refractivity contribution >= 4 is 33.2 Å². The number of hydrogen-bond donors (Lipinski definition) is 2. The number of amides is 2. The zero-order chi connectivity index (χ0) is 28.0. The van der Waals surface area contributed by atoms with Gasteiger partial charge in [0.05, 0.1) is 16.3 Å². The van der Waals surface area contributed by atoms with E-state index in [1.165, 1.54) is 5.56 Å². The summed E-state index contributed by atoms with van der Waals surface area (Å²) in [6.07, 6.45) is 0.112. The van der Waals surface area contributed by atoms with E-state index in [1.54, 1.807) is 38.1 Å². The molecule has 8 nitrogen and oxygen atoms in total. The van der Waals surface area contributed by atoms with E-state index in [1.807, 2.05) is 42.2 Å². The van der Waals surface area contributed by atoms with Crippen LogP contribution >= 0.6 is 0 Å². The summed E-state index contributed by atoms with van der Waals surface area (Å²) in [5.74, 6) is -0.399. The molecule has 3 aromatic carbocycles. The van der Waals surface area contributed by atoms with Gasteiger partial charge in [-0.1, -0.05) is 60.2 Å². The number of nitrogens with one attached hydrogen (secondary N) is 2. The van der Waals surface area contributed by atoms with Crippen LogP contribution in [0.25, 0.3) is 0 Å². The van der Waals surface area contributed by atoms with Gasteiger partial charge < -0.3 is 10.2 Å². The van der Waals surface area contributed by atoms with Gasteiger partial charge in [-0.15, -0.1) is 0 Å². The Balaban J connectivity index is 1.30. The lowest BCUT2D eigenvalue weighted by Crippen LogP contribution is -2.48. The highest BCUT2D eigenvalue weighted by molar-refractivity contribution is 7.92.